The molecule has 3 aromatic rings. The van der Waals surface area contributed by atoms with Gasteiger partial charge in [-0.1, -0.05) is 59.6 Å². The molecule has 1 heterocycles. The van der Waals surface area contributed by atoms with Crippen molar-refractivity contribution >= 4 is 34.6 Å². The second-order valence-corrected chi connectivity index (χ2v) is 7.15. The molecular weight excluding hydrogens is 351 g/mol. The molecule has 1 aliphatic rings. The molecule has 0 saturated heterocycles. The van der Waals surface area contributed by atoms with E-state index < -0.39 is 0 Å². The van der Waals surface area contributed by atoms with Crippen LogP contribution in [0.3, 0.4) is 0 Å². The van der Waals surface area contributed by atoms with E-state index in [1.165, 1.54) is 11.1 Å². The number of anilines is 2. The van der Waals surface area contributed by atoms with Gasteiger partial charge in [0.15, 0.2) is 0 Å². The van der Waals surface area contributed by atoms with E-state index in [0.717, 1.165) is 27.8 Å². The minimum Gasteiger partial charge on any atom is -0.376 e. The van der Waals surface area contributed by atoms with E-state index in [-0.39, 0.29) is 12.1 Å². The van der Waals surface area contributed by atoms with Gasteiger partial charge in [0.2, 0.25) is 0 Å². The van der Waals surface area contributed by atoms with Crippen LogP contribution in [0.5, 0.6) is 0 Å². The molecule has 1 aliphatic heterocycles. The minimum atomic E-state index is 0.189. The highest BCUT2D eigenvalue weighted by atomic mass is 35.5. The summed E-state index contributed by atoms with van der Waals surface area (Å²) in [6.07, 6.45) is 0.915. The molecule has 0 radical (unpaired) electrons. The molecule has 0 bridgehead atoms. The summed E-state index contributed by atoms with van der Waals surface area (Å²) in [6, 6.07) is 24.8. The topological polar surface area (TPSA) is 24.1 Å². The van der Waals surface area contributed by atoms with Crippen molar-refractivity contribution in [3.63, 3.8) is 0 Å². The molecule has 0 spiro atoms. The molecule has 4 heteroatoms. The van der Waals surface area contributed by atoms with E-state index in [4.69, 9.17) is 23.2 Å². The van der Waals surface area contributed by atoms with Crippen LogP contribution in [0.15, 0.2) is 72.8 Å². The van der Waals surface area contributed by atoms with Gasteiger partial charge in [0.05, 0.1) is 23.5 Å². The first-order chi connectivity index (χ1) is 12.2. The van der Waals surface area contributed by atoms with Gasteiger partial charge in [0, 0.05) is 10.0 Å². The molecule has 2 atom stereocenters. The van der Waals surface area contributed by atoms with Gasteiger partial charge in [-0.3, -0.25) is 0 Å². The Morgan fingerprint density at radius 1 is 0.600 bits per heavy atom. The summed E-state index contributed by atoms with van der Waals surface area (Å²) in [5, 5.41) is 8.86. The fourth-order valence-electron chi connectivity index (χ4n) is 3.29. The first-order valence-electron chi connectivity index (χ1n) is 8.32. The molecule has 0 aromatic heterocycles. The van der Waals surface area contributed by atoms with Crippen LogP contribution in [-0.2, 0) is 0 Å². The lowest BCUT2D eigenvalue weighted by Crippen LogP contribution is -2.15. The van der Waals surface area contributed by atoms with E-state index in [1.807, 2.05) is 24.3 Å². The van der Waals surface area contributed by atoms with Gasteiger partial charge in [-0.25, -0.2) is 0 Å². The molecule has 0 aliphatic carbocycles. The summed E-state index contributed by atoms with van der Waals surface area (Å²) in [4.78, 5) is 0. The highest BCUT2D eigenvalue weighted by molar-refractivity contribution is 6.30. The van der Waals surface area contributed by atoms with Crippen LogP contribution in [0.1, 0.15) is 29.6 Å². The largest absolute Gasteiger partial charge is 0.376 e. The molecule has 3 aromatic carbocycles. The molecular formula is C21H18Cl2N2. The van der Waals surface area contributed by atoms with Crippen LogP contribution >= 0.6 is 23.2 Å². The third-order valence-corrected chi connectivity index (χ3v) is 5.11. The van der Waals surface area contributed by atoms with Gasteiger partial charge >= 0.3 is 0 Å². The first kappa shape index (κ1) is 16.3. The molecule has 25 heavy (non-hydrogen) atoms. The van der Waals surface area contributed by atoms with Crippen LogP contribution < -0.4 is 10.6 Å². The first-order valence-corrected chi connectivity index (χ1v) is 9.08. The predicted molar refractivity (Wildman–Crippen MR) is 107 cm³/mol. The maximum Gasteiger partial charge on any atom is 0.0580 e. The van der Waals surface area contributed by atoms with Gasteiger partial charge in [-0.15, -0.1) is 0 Å². The number of benzene rings is 3. The zero-order valence-corrected chi connectivity index (χ0v) is 15.1. The lowest BCUT2D eigenvalue weighted by molar-refractivity contribution is 0.623. The van der Waals surface area contributed by atoms with Crippen LogP contribution in [0.2, 0.25) is 10.0 Å². The number of fused-ring (bicyclic) bond motifs is 1. The second-order valence-electron chi connectivity index (χ2n) is 6.28. The quantitative estimate of drug-likeness (QED) is 0.525. The molecule has 126 valence electrons. The number of hydrogen-bond acceptors (Lipinski definition) is 2. The Kier molecular flexibility index (Phi) is 4.56. The average Bonchev–Trinajstić information content (AvgIpc) is 2.82. The van der Waals surface area contributed by atoms with Crippen LogP contribution in [0, 0.1) is 0 Å². The van der Waals surface area contributed by atoms with E-state index in [0.29, 0.717) is 0 Å². The van der Waals surface area contributed by atoms with Gasteiger partial charge in [-0.2, -0.15) is 0 Å². The Labute approximate surface area is 157 Å². The Bertz CT molecular complexity index is 787. The lowest BCUT2D eigenvalue weighted by atomic mass is 9.95. The van der Waals surface area contributed by atoms with Gasteiger partial charge in [0.1, 0.15) is 0 Å². The van der Waals surface area contributed by atoms with Crippen molar-refractivity contribution < 1.29 is 0 Å². The second kappa shape index (κ2) is 6.99. The molecule has 2 nitrogen and oxygen atoms in total. The summed E-state index contributed by atoms with van der Waals surface area (Å²) >= 11 is 12.1. The third-order valence-electron chi connectivity index (χ3n) is 4.60. The minimum absolute atomic E-state index is 0.189. The zero-order valence-electron chi connectivity index (χ0n) is 13.5. The number of halogens is 2. The Morgan fingerprint density at radius 2 is 1.00 bits per heavy atom. The van der Waals surface area contributed by atoms with Crippen molar-refractivity contribution in [3.8, 4) is 0 Å². The fourth-order valence-corrected chi connectivity index (χ4v) is 3.54. The summed E-state index contributed by atoms with van der Waals surface area (Å²) in [5.74, 6) is 0. The summed E-state index contributed by atoms with van der Waals surface area (Å²) < 4.78 is 0. The summed E-state index contributed by atoms with van der Waals surface area (Å²) in [6.45, 7) is 0. The average molecular weight is 369 g/mol. The zero-order chi connectivity index (χ0) is 17.2. The van der Waals surface area contributed by atoms with Crippen molar-refractivity contribution in [3.05, 3.63) is 94.0 Å². The highest BCUT2D eigenvalue weighted by Crippen LogP contribution is 2.39. The Morgan fingerprint density at radius 3 is 1.40 bits per heavy atom. The maximum absolute atomic E-state index is 6.06. The Hall–Kier alpha value is -2.16. The van der Waals surface area contributed by atoms with E-state index in [9.17, 15) is 0 Å². The normalized spacial score (nSPS) is 19.3. The number of nitrogens with one attached hydrogen (secondary N) is 2. The van der Waals surface area contributed by atoms with Crippen molar-refractivity contribution in [2.45, 2.75) is 18.5 Å². The van der Waals surface area contributed by atoms with Crippen LogP contribution in [0.25, 0.3) is 0 Å². The molecule has 2 N–H and O–H groups in total. The lowest BCUT2D eigenvalue weighted by Gasteiger charge is -2.22. The SMILES string of the molecule is Clc1ccc([C@H]2C[C@H](c3ccc(Cl)cc3)Nc3ccccc3N2)cc1. The monoisotopic (exact) mass is 368 g/mol. The molecule has 4 rings (SSSR count). The fraction of sp³-hybridized carbons (Fsp3) is 0.143. The van der Waals surface area contributed by atoms with E-state index >= 15 is 0 Å². The van der Waals surface area contributed by atoms with Crippen molar-refractivity contribution in [1.29, 1.82) is 0 Å². The van der Waals surface area contributed by atoms with Crippen LogP contribution in [0.4, 0.5) is 11.4 Å². The summed E-state index contributed by atoms with van der Waals surface area (Å²) in [5.41, 5.74) is 4.67. The molecule has 0 fully saturated rings. The summed E-state index contributed by atoms with van der Waals surface area (Å²) in [7, 11) is 0. The number of rotatable bonds is 2. The van der Waals surface area contributed by atoms with Crippen molar-refractivity contribution in [2.75, 3.05) is 10.6 Å². The number of hydrogen-bond donors (Lipinski definition) is 2. The molecule has 0 unspecified atom stereocenters. The predicted octanol–water partition coefficient (Wildman–Crippen LogP) is 6.70. The van der Waals surface area contributed by atoms with Gasteiger partial charge in [0.25, 0.3) is 0 Å². The van der Waals surface area contributed by atoms with E-state index in [2.05, 4.69) is 59.2 Å². The standard InChI is InChI=1S/C21H18Cl2N2/c22-16-9-5-14(6-10-16)20-13-21(15-7-11-17(23)12-8-15)25-19-4-2-1-3-18(19)24-20/h1-12,20-21,24-25H,13H2/t20-,21-/m1/s1. The smallest absolute Gasteiger partial charge is 0.0580 e. The number of para-hydroxylation sites is 2. The van der Waals surface area contributed by atoms with E-state index in [1.54, 1.807) is 0 Å². The van der Waals surface area contributed by atoms with Crippen molar-refractivity contribution in [2.24, 2.45) is 0 Å². The van der Waals surface area contributed by atoms with Crippen molar-refractivity contribution in [1.82, 2.24) is 0 Å². The maximum atomic E-state index is 6.06. The van der Waals surface area contributed by atoms with Gasteiger partial charge < -0.3 is 10.6 Å². The molecule has 0 saturated carbocycles. The molecule has 0 amide bonds. The Balaban J connectivity index is 1.72. The highest BCUT2D eigenvalue weighted by Gasteiger charge is 2.24. The van der Waals surface area contributed by atoms with Gasteiger partial charge in [-0.05, 0) is 53.9 Å². The van der Waals surface area contributed by atoms with Crippen LogP contribution in [-0.4, -0.2) is 0 Å². The third kappa shape index (κ3) is 3.60.